The number of amides is 2. The smallest absolute Gasteiger partial charge is 0.253 e. The predicted octanol–water partition coefficient (Wildman–Crippen LogP) is 1.42. The molecule has 0 saturated carbocycles. The number of carbonyl (C=O) groups is 2. The highest BCUT2D eigenvalue weighted by Crippen LogP contribution is 2.56. The van der Waals surface area contributed by atoms with Crippen LogP contribution in [0.25, 0.3) is 0 Å². The summed E-state index contributed by atoms with van der Waals surface area (Å²) in [6, 6.07) is 11.8. The average molecular weight is 462 g/mol. The Kier molecular flexibility index (Phi) is 5.30. The number of aromatic amines is 1. The first-order chi connectivity index (χ1) is 16.6. The van der Waals surface area contributed by atoms with Gasteiger partial charge in [-0.1, -0.05) is 24.3 Å². The zero-order valence-corrected chi connectivity index (χ0v) is 19.3. The lowest BCUT2D eigenvalue weighted by atomic mass is 9.78. The van der Waals surface area contributed by atoms with Gasteiger partial charge in [0, 0.05) is 62.3 Å². The maximum Gasteiger partial charge on any atom is 0.253 e. The van der Waals surface area contributed by atoms with Crippen molar-refractivity contribution in [2.45, 2.75) is 43.8 Å². The molecule has 2 N–H and O–H groups in total. The van der Waals surface area contributed by atoms with Gasteiger partial charge in [-0.3, -0.25) is 24.2 Å². The average Bonchev–Trinajstić information content (AvgIpc) is 3.49. The van der Waals surface area contributed by atoms with E-state index < -0.39 is 5.54 Å². The fourth-order valence-electron chi connectivity index (χ4n) is 6.73. The molecule has 2 bridgehead atoms. The van der Waals surface area contributed by atoms with Crippen LogP contribution in [0.2, 0.25) is 0 Å². The van der Waals surface area contributed by atoms with E-state index in [-0.39, 0.29) is 29.3 Å². The molecular weight excluding hydrogens is 430 g/mol. The standard InChI is InChI=1S/C26H31N5O3/c32-23-9-8-18(16-28-23)17-29-11-4-10-27-24(33)21-15-19-5-3-12-31(19)26(21)20-6-1-2-7-22(20)30(14-13-29)25(26)34/h1-2,6-9,16,19,21H,3-5,10-15,17H2,(H,27,33)(H,28,32)/t19-,21-,26+/m0/s1. The Morgan fingerprint density at radius 2 is 1.85 bits per heavy atom. The van der Waals surface area contributed by atoms with E-state index >= 15 is 0 Å². The largest absolute Gasteiger partial charge is 0.356 e. The molecule has 0 radical (unpaired) electrons. The van der Waals surface area contributed by atoms with Gasteiger partial charge in [0.25, 0.3) is 5.91 Å². The molecule has 8 nitrogen and oxygen atoms in total. The Labute approximate surface area is 198 Å². The zero-order valence-electron chi connectivity index (χ0n) is 19.3. The molecule has 3 saturated heterocycles. The summed E-state index contributed by atoms with van der Waals surface area (Å²) in [5.74, 6) is -0.289. The third-order valence-corrected chi connectivity index (χ3v) is 8.18. The lowest BCUT2D eigenvalue weighted by molar-refractivity contribution is -0.139. The summed E-state index contributed by atoms with van der Waals surface area (Å²) in [4.78, 5) is 48.6. The van der Waals surface area contributed by atoms with Crippen molar-refractivity contribution in [2.75, 3.05) is 37.6 Å². The first-order valence-electron chi connectivity index (χ1n) is 12.4. The van der Waals surface area contributed by atoms with Crippen LogP contribution in [0.15, 0.2) is 47.4 Å². The molecular formula is C26H31N5O3. The topological polar surface area (TPSA) is 88.7 Å². The van der Waals surface area contributed by atoms with Crippen molar-refractivity contribution in [3.8, 4) is 0 Å². The molecule has 1 aromatic heterocycles. The van der Waals surface area contributed by atoms with Crippen LogP contribution in [0.4, 0.5) is 5.69 Å². The summed E-state index contributed by atoms with van der Waals surface area (Å²) in [7, 11) is 0. The van der Waals surface area contributed by atoms with Crippen LogP contribution in [-0.2, 0) is 21.7 Å². The fourth-order valence-corrected chi connectivity index (χ4v) is 6.73. The van der Waals surface area contributed by atoms with Crippen molar-refractivity contribution in [1.82, 2.24) is 20.1 Å². The number of rotatable bonds is 2. The van der Waals surface area contributed by atoms with Gasteiger partial charge < -0.3 is 15.2 Å². The van der Waals surface area contributed by atoms with Crippen LogP contribution >= 0.6 is 0 Å². The highest BCUT2D eigenvalue weighted by molar-refractivity contribution is 6.10. The minimum atomic E-state index is -0.884. The van der Waals surface area contributed by atoms with Crippen LogP contribution in [-0.4, -0.2) is 65.4 Å². The molecule has 8 heteroatoms. The van der Waals surface area contributed by atoms with E-state index in [1.54, 1.807) is 12.3 Å². The van der Waals surface area contributed by atoms with Crippen LogP contribution in [0, 0.1) is 5.92 Å². The number of benzene rings is 1. The second-order valence-corrected chi connectivity index (χ2v) is 10.00. The minimum Gasteiger partial charge on any atom is -0.356 e. The van der Waals surface area contributed by atoms with E-state index in [0.29, 0.717) is 19.6 Å². The lowest BCUT2D eigenvalue weighted by Crippen LogP contribution is -2.57. The molecule has 34 heavy (non-hydrogen) atoms. The second kappa shape index (κ2) is 8.36. The van der Waals surface area contributed by atoms with Crippen LogP contribution in [0.1, 0.15) is 36.8 Å². The number of pyridine rings is 1. The van der Waals surface area contributed by atoms with E-state index in [1.165, 1.54) is 0 Å². The van der Waals surface area contributed by atoms with E-state index in [4.69, 9.17) is 0 Å². The van der Waals surface area contributed by atoms with Gasteiger partial charge in [0.15, 0.2) is 0 Å². The van der Waals surface area contributed by atoms with Crippen LogP contribution in [0.3, 0.4) is 0 Å². The van der Waals surface area contributed by atoms with Crippen LogP contribution in [0.5, 0.6) is 0 Å². The van der Waals surface area contributed by atoms with Crippen LogP contribution < -0.4 is 15.8 Å². The van der Waals surface area contributed by atoms with E-state index in [2.05, 4.69) is 26.2 Å². The zero-order chi connectivity index (χ0) is 23.3. The van der Waals surface area contributed by atoms with Gasteiger partial charge in [-0.25, -0.2) is 0 Å². The third-order valence-electron chi connectivity index (χ3n) is 8.18. The summed E-state index contributed by atoms with van der Waals surface area (Å²) < 4.78 is 0. The number of hydrogen-bond donors (Lipinski definition) is 2. The Hall–Kier alpha value is -2.97. The monoisotopic (exact) mass is 461 g/mol. The minimum absolute atomic E-state index is 0.00663. The molecule has 5 heterocycles. The molecule has 1 aromatic carbocycles. The number of H-pyrrole nitrogens is 1. The van der Waals surface area contributed by atoms with Gasteiger partial charge in [-0.15, -0.1) is 0 Å². The first kappa shape index (κ1) is 21.6. The lowest BCUT2D eigenvalue weighted by Gasteiger charge is -2.38. The maximum absolute atomic E-state index is 14.3. The molecule has 0 unspecified atom stereocenters. The molecule has 2 amide bonds. The summed E-state index contributed by atoms with van der Waals surface area (Å²) in [6.45, 7) is 4.23. The number of para-hydroxylation sites is 1. The van der Waals surface area contributed by atoms with Crippen molar-refractivity contribution in [3.05, 3.63) is 64.1 Å². The Morgan fingerprint density at radius 3 is 2.71 bits per heavy atom. The molecule has 3 atom stereocenters. The highest BCUT2D eigenvalue weighted by Gasteiger charge is 2.67. The molecule has 6 rings (SSSR count). The number of hydrogen-bond acceptors (Lipinski definition) is 5. The van der Waals surface area contributed by atoms with Crippen molar-refractivity contribution in [3.63, 3.8) is 0 Å². The maximum atomic E-state index is 14.3. The Bertz CT molecular complexity index is 1160. The van der Waals surface area contributed by atoms with E-state index in [1.807, 2.05) is 29.2 Å². The fraction of sp³-hybridized carbons (Fsp3) is 0.500. The van der Waals surface area contributed by atoms with Gasteiger partial charge in [-0.2, -0.15) is 0 Å². The molecule has 2 aromatic rings. The first-order valence-corrected chi connectivity index (χ1v) is 12.4. The van der Waals surface area contributed by atoms with Crippen molar-refractivity contribution in [2.24, 2.45) is 5.92 Å². The summed E-state index contributed by atoms with van der Waals surface area (Å²) >= 11 is 0. The number of aromatic nitrogens is 1. The van der Waals surface area contributed by atoms with Gasteiger partial charge in [0.1, 0.15) is 5.54 Å². The number of nitrogens with one attached hydrogen (secondary N) is 2. The SMILES string of the molecule is O=C1NCCCN(Cc2ccc(=O)[nH]c2)CCN2C(=O)[C@@]3(c4ccccc42)[C@H]1C[C@@H]1CCCN13. The number of nitrogens with zero attached hydrogens (tertiary/aromatic N) is 3. The third kappa shape index (κ3) is 3.23. The Morgan fingerprint density at radius 1 is 0.971 bits per heavy atom. The Balaban J connectivity index is 1.37. The molecule has 3 fully saturated rings. The summed E-state index contributed by atoms with van der Waals surface area (Å²) in [5.41, 5.74) is 1.97. The van der Waals surface area contributed by atoms with Crippen molar-refractivity contribution >= 4 is 17.5 Å². The van der Waals surface area contributed by atoms with Gasteiger partial charge in [0.05, 0.1) is 5.92 Å². The number of anilines is 1. The van der Waals surface area contributed by atoms with Gasteiger partial charge in [-0.05, 0) is 43.9 Å². The van der Waals surface area contributed by atoms with E-state index in [9.17, 15) is 14.4 Å². The van der Waals surface area contributed by atoms with Gasteiger partial charge in [0.2, 0.25) is 11.5 Å². The molecule has 1 spiro atoms. The number of fused-ring (bicyclic) bond motifs is 4. The van der Waals surface area contributed by atoms with E-state index in [0.717, 1.165) is 62.1 Å². The predicted molar refractivity (Wildman–Crippen MR) is 128 cm³/mol. The summed E-state index contributed by atoms with van der Waals surface area (Å²) in [5, 5.41) is 3.17. The highest BCUT2D eigenvalue weighted by atomic mass is 16.2. The molecule has 4 aliphatic rings. The normalized spacial score (nSPS) is 29.7. The molecule has 178 valence electrons. The molecule has 0 aliphatic carbocycles. The van der Waals surface area contributed by atoms with Gasteiger partial charge >= 0.3 is 0 Å². The van der Waals surface area contributed by atoms with Crippen molar-refractivity contribution in [1.29, 1.82) is 0 Å². The number of carbonyl (C=O) groups excluding carboxylic acids is 2. The quantitative estimate of drug-likeness (QED) is 0.706. The molecule has 4 aliphatic heterocycles. The second-order valence-electron chi connectivity index (χ2n) is 10.00. The summed E-state index contributed by atoms with van der Waals surface area (Å²) in [6.07, 6.45) is 5.46. The van der Waals surface area contributed by atoms with Crippen molar-refractivity contribution < 1.29 is 9.59 Å².